The highest BCUT2D eigenvalue weighted by atomic mass is 16.6. The monoisotopic (exact) mass is 475 g/mol. The molecule has 3 rings (SSSR count). The van der Waals surface area contributed by atoms with Gasteiger partial charge >= 0.3 is 18.0 Å². The van der Waals surface area contributed by atoms with Gasteiger partial charge in [-0.3, -0.25) is 5.32 Å². The summed E-state index contributed by atoms with van der Waals surface area (Å²) in [6, 6.07) is 23.0. The van der Waals surface area contributed by atoms with Crippen LogP contribution in [0.4, 0.5) is 4.79 Å². The summed E-state index contributed by atoms with van der Waals surface area (Å²) in [5, 5.41) is 2.39. The summed E-state index contributed by atoms with van der Waals surface area (Å²) in [6.45, 7) is 0.117. The molecule has 8 nitrogen and oxygen atoms in total. The Morgan fingerprint density at radius 1 is 0.800 bits per heavy atom. The van der Waals surface area contributed by atoms with Gasteiger partial charge in [0.1, 0.15) is 30.2 Å². The van der Waals surface area contributed by atoms with Crippen molar-refractivity contribution < 1.29 is 33.3 Å². The Kier molecular flexibility index (Phi) is 9.01. The van der Waals surface area contributed by atoms with E-state index in [4.69, 9.17) is 18.9 Å². The highest BCUT2D eigenvalue weighted by Crippen LogP contribution is 2.23. The second-order valence-corrected chi connectivity index (χ2v) is 7.26. The van der Waals surface area contributed by atoms with Crippen LogP contribution in [-0.4, -0.2) is 32.3 Å². The third-order valence-corrected chi connectivity index (χ3v) is 4.82. The van der Waals surface area contributed by atoms with Crippen molar-refractivity contribution in [2.45, 2.75) is 13.2 Å². The second kappa shape index (κ2) is 12.6. The molecule has 3 aromatic rings. The van der Waals surface area contributed by atoms with Gasteiger partial charge in [0.15, 0.2) is 0 Å². The van der Waals surface area contributed by atoms with Crippen LogP contribution in [0.15, 0.2) is 84.6 Å². The lowest BCUT2D eigenvalue weighted by molar-refractivity contribution is -0.136. The molecule has 0 aliphatic rings. The van der Waals surface area contributed by atoms with E-state index in [1.807, 2.05) is 48.5 Å². The lowest BCUT2D eigenvalue weighted by atomic mass is 10.1. The molecule has 0 aliphatic carbocycles. The fourth-order valence-corrected chi connectivity index (χ4v) is 3.07. The van der Waals surface area contributed by atoms with Gasteiger partial charge in [-0.1, -0.05) is 66.7 Å². The second-order valence-electron chi connectivity index (χ2n) is 7.26. The predicted octanol–water partition coefficient (Wildman–Crippen LogP) is 4.49. The van der Waals surface area contributed by atoms with Gasteiger partial charge in [-0.25, -0.2) is 14.4 Å². The van der Waals surface area contributed by atoms with Gasteiger partial charge in [0, 0.05) is 0 Å². The smallest absolute Gasteiger partial charge is 0.412 e. The van der Waals surface area contributed by atoms with Crippen molar-refractivity contribution in [3.05, 3.63) is 107 Å². The molecule has 1 amide bonds. The zero-order chi connectivity index (χ0) is 25.0. The first-order chi connectivity index (χ1) is 17.0. The number of hydrogen-bond donors (Lipinski definition) is 1. The molecular weight excluding hydrogens is 450 g/mol. The van der Waals surface area contributed by atoms with Crippen molar-refractivity contribution in [3.63, 3.8) is 0 Å². The first-order valence-corrected chi connectivity index (χ1v) is 10.7. The van der Waals surface area contributed by atoms with Crippen LogP contribution in [0.1, 0.15) is 27.0 Å². The molecule has 0 saturated carbocycles. The summed E-state index contributed by atoms with van der Waals surface area (Å²) < 4.78 is 20.6. The lowest BCUT2D eigenvalue weighted by Crippen LogP contribution is -2.28. The SMILES string of the molecule is COC(=O)/C(=C/c1ccc(OC)c(C(=O)OCc2ccccc2)c1)NC(=O)OCc1ccccc1. The summed E-state index contributed by atoms with van der Waals surface area (Å²) in [5.41, 5.74) is 2.05. The van der Waals surface area contributed by atoms with E-state index in [0.29, 0.717) is 11.3 Å². The molecule has 0 spiro atoms. The van der Waals surface area contributed by atoms with Gasteiger partial charge in [0.2, 0.25) is 0 Å². The van der Waals surface area contributed by atoms with Crippen molar-refractivity contribution in [3.8, 4) is 5.75 Å². The summed E-state index contributed by atoms with van der Waals surface area (Å²) in [6.07, 6.45) is 0.532. The zero-order valence-corrected chi connectivity index (χ0v) is 19.4. The molecule has 0 unspecified atom stereocenters. The number of benzene rings is 3. The highest BCUT2D eigenvalue weighted by molar-refractivity contribution is 5.98. The van der Waals surface area contributed by atoms with Crippen LogP contribution in [0.5, 0.6) is 5.75 Å². The number of hydrogen-bond acceptors (Lipinski definition) is 7. The van der Waals surface area contributed by atoms with Crippen LogP contribution < -0.4 is 10.1 Å². The fraction of sp³-hybridized carbons (Fsp3) is 0.148. The van der Waals surface area contributed by atoms with Gasteiger partial charge < -0.3 is 18.9 Å². The standard InChI is InChI=1S/C27H25NO7/c1-32-24-14-13-21(15-22(24)25(29)34-17-19-9-5-3-6-10-19)16-23(26(30)33-2)28-27(31)35-18-20-11-7-4-8-12-20/h3-16H,17-18H2,1-2H3,(H,28,31)/b23-16-. The first kappa shape index (κ1) is 25.0. The largest absolute Gasteiger partial charge is 0.496 e. The van der Waals surface area contributed by atoms with Crippen molar-refractivity contribution in [1.29, 1.82) is 0 Å². The number of rotatable bonds is 9. The summed E-state index contributed by atoms with van der Waals surface area (Å²) in [5.74, 6) is -1.09. The van der Waals surface area contributed by atoms with E-state index in [9.17, 15) is 14.4 Å². The minimum Gasteiger partial charge on any atom is -0.496 e. The number of amides is 1. The molecule has 0 saturated heterocycles. The average molecular weight is 475 g/mol. The van der Waals surface area contributed by atoms with E-state index in [1.54, 1.807) is 24.3 Å². The Labute approximate surface area is 203 Å². The van der Waals surface area contributed by atoms with Crippen molar-refractivity contribution in [2.75, 3.05) is 14.2 Å². The van der Waals surface area contributed by atoms with E-state index in [0.717, 1.165) is 11.1 Å². The minimum absolute atomic E-state index is 0.0288. The molecule has 180 valence electrons. The minimum atomic E-state index is -0.832. The molecule has 35 heavy (non-hydrogen) atoms. The Hall–Kier alpha value is -4.59. The van der Waals surface area contributed by atoms with E-state index in [1.165, 1.54) is 26.4 Å². The number of carbonyl (C=O) groups excluding carboxylic acids is 3. The Balaban J connectivity index is 1.75. The number of ether oxygens (including phenoxy) is 4. The lowest BCUT2D eigenvalue weighted by Gasteiger charge is -2.12. The van der Waals surface area contributed by atoms with E-state index >= 15 is 0 Å². The molecule has 0 aliphatic heterocycles. The summed E-state index contributed by atoms with van der Waals surface area (Å²) in [7, 11) is 2.62. The van der Waals surface area contributed by atoms with Crippen molar-refractivity contribution in [1.82, 2.24) is 5.32 Å². The number of carbonyl (C=O) groups is 3. The average Bonchev–Trinajstić information content (AvgIpc) is 2.90. The molecule has 0 radical (unpaired) electrons. The summed E-state index contributed by atoms with van der Waals surface area (Å²) >= 11 is 0. The molecule has 3 aromatic carbocycles. The maximum Gasteiger partial charge on any atom is 0.412 e. The van der Waals surface area contributed by atoms with Gasteiger partial charge in [-0.2, -0.15) is 0 Å². The van der Waals surface area contributed by atoms with Crippen LogP contribution in [0.25, 0.3) is 6.08 Å². The number of methoxy groups -OCH3 is 2. The zero-order valence-electron chi connectivity index (χ0n) is 19.4. The maximum atomic E-state index is 12.7. The Morgan fingerprint density at radius 2 is 1.40 bits per heavy atom. The van der Waals surface area contributed by atoms with Crippen LogP contribution >= 0.6 is 0 Å². The summed E-state index contributed by atoms with van der Waals surface area (Å²) in [4.78, 5) is 37.2. The molecule has 1 N–H and O–H groups in total. The van der Waals surface area contributed by atoms with Gasteiger partial charge in [-0.05, 0) is 34.9 Å². The molecule has 0 atom stereocenters. The first-order valence-electron chi connectivity index (χ1n) is 10.7. The third kappa shape index (κ3) is 7.46. The van der Waals surface area contributed by atoms with Gasteiger partial charge in [-0.15, -0.1) is 0 Å². The molecule has 0 bridgehead atoms. The normalized spacial score (nSPS) is 10.7. The number of esters is 2. The fourth-order valence-electron chi connectivity index (χ4n) is 3.07. The third-order valence-electron chi connectivity index (χ3n) is 4.82. The van der Waals surface area contributed by atoms with Crippen LogP contribution in [0, 0.1) is 0 Å². The van der Waals surface area contributed by atoms with Gasteiger partial charge in [0.25, 0.3) is 0 Å². The predicted molar refractivity (Wildman–Crippen MR) is 128 cm³/mol. The van der Waals surface area contributed by atoms with Crippen molar-refractivity contribution >= 4 is 24.1 Å². The molecule has 0 fully saturated rings. The quantitative estimate of drug-likeness (QED) is 0.276. The highest BCUT2D eigenvalue weighted by Gasteiger charge is 2.18. The number of nitrogens with one attached hydrogen (secondary N) is 1. The molecule has 0 heterocycles. The van der Waals surface area contributed by atoms with Crippen LogP contribution in [0.2, 0.25) is 0 Å². The molecule has 8 heteroatoms. The van der Waals surface area contributed by atoms with E-state index in [-0.39, 0.29) is 24.5 Å². The van der Waals surface area contributed by atoms with Crippen LogP contribution in [-0.2, 0) is 32.2 Å². The topological polar surface area (TPSA) is 100 Å². The van der Waals surface area contributed by atoms with Crippen molar-refractivity contribution in [2.24, 2.45) is 0 Å². The maximum absolute atomic E-state index is 12.7. The number of alkyl carbamates (subject to hydrolysis) is 1. The molecular formula is C27H25NO7. The van der Waals surface area contributed by atoms with E-state index in [2.05, 4.69) is 5.32 Å². The van der Waals surface area contributed by atoms with Gasteiger partial charge in [0.05, 0.1) is 14.2 Å². The molecule has 0 aromatic heterocycles. The van der Waals surface area contributed by atoms with E-state index < -0.39 is 18.0 Å². The van der Waals surface area contributed by atoms with Crippen LogP contribution in [0.3, 0.4) is 0 Å². The Morgan fingerprint density at radius 3 is 1.97 bits per heavy atom. The Bertz CT molecular complexity index is 1190.